The van der Waals surface area contributed by atoms with Crippen LogP contribution >= 0.6 is 0 Å². The van der Waals surface area contributed by atoms with E-state index in [0.717, 1.165) is 6.07 Å². The van der Waals surface area contributed by atoms with Crippen molar-refractivity contribution in [3.05, 3.63) is 65.2 Å². The van der Waals surface area contributed by atoms with Gasteiger partial charge in [0.1, 0.15) is 11.9 Å². The van der Waals surface area contributed by atoms with Crippen molar-refractivity contribution in [3.8, 4) is 5.75 Å². The van der Waals surface area contributed by atoms with E-state index in [-0.39, 0.29) is 5.56 Å². The Morgan fingerprint density at radius 2 is 1.67 bits per heavy atom. The zero-order chi connectivity index (χ0) is 13.1. The van der Waals surface area contributed by atoms with E-state index < -0.39 is 17.7 Å². The average Bonchev–Trinajstić information content (AvgIpc) is 2.41. The van der Waals surface area contributed by atoms with Crippen molar-refractivity contribution in [2.45, 2.75) is 6.10 Å². The highest BCUT2D eigenvalue weighted by atomic mass is 19.2. The van der Waals surface area contributed by atoms with Gasteiger partial charge in [0.2, 0.25) is 0 Å². The molecule has 1 atom stereocenters. The fourth-order valence-corrected chi connectivity index (χ4v) is 1.79. The summed E-state index contributed by atoms with van der Waals surface area (Å²) in [6.07, 6.45) is -1.27. The first kappa shape index (κ1) is 12.5. The second-order valence-electron chi connectivity index (χ2n) is 3.79. The Morgan fingerprint density at radius 1 is 1.00 bits per heavy atom. The largest absolute Gasteiger partial charge is 0.496 e. The first-order valence-corrected chi connectivity index (χ1v) is 5.40. The maximum absolute atomic E-state index is 13.6. The molecule has 1 N–H and O–H groups in total. The summed E-state index contributed by atoms with van der Waals surface area (Å²) in [4.78, 5) is 0. The highest BCUT2D eigenvalue weighted by Crippen LogP contribution is 2.31. The number of rotatable bonds is 3. The minimum Gasteiger partial charge on any atom is -0.496 e. The molecule has 0 aromatic heterocycles. The fraction of sp³-hybridized carbons (Fsp3) is 0.143. The lowest BCUT2D eigenvalue weighted by molar-refractivity contribution is 0.208. The molecule has 0 radical (unpaired) electrons. The maximum atomic E-state index is 13.6. The van der Waals surface area contributed by atoms with Gasteiger partial charge in [0.25, 0.3) is 0 Å². The Morgan fingerprint density at radius 3 is 2.39 bits per heavy atom. The van der Waals surface area contributed by atoms with E-state index in [9.17, 15) is 13.9 Å². The molecule has 0 bridgehead atoms. The number of para-hydroxylation sites is 1. The molecule has 94 valence electrons. The molecule has 2 nitrogen and oxygen atoms in total. The van der Waals surface area contributed by atoms with Crippen LogP contribution in [-0.4, -0.2) is 12.2 Å². The summed E-state index contributed by atoms with van der Waals surface area (Å²) in [5.41, 5.74) is 0.281. The molecule has 0 saturated carbocycles. The molecule has 0 aliphatic carbocycles. The Kier molecular flexibility index (Phi) is 3.58. The van der Waals surface area contributed by atoms with Gasteiger partial charge in [0, 0.05) is 11.1 Å². The molecular formula is C14H12F2O2. The van der Waals surface area contributed by atoms with Crippen molar-refractivity contribution in [2.75, 3.05) is 7.11 Å². The summed E-state index contributed by atoms with van der Waals surface area (Å²) < 4.78 is 31.8. The summed E-state index contributed by atoms with van der Waals surface area (Å²) in [5.74, 6) is -1.61. The van der Waals surface area contributed by atoms with Crippen LogP contribution in [-0.2, 0) is 0 Å². The zero-order valence-electron chi connectivity index (χ0n) is 9.73. The van der Waals surface area contributed by atoms with Crippen molar-refractivity contribution in [1.29, 1.82) is 0 Å². The molecule has 1 unspecified atom stereocenters. The van der Waals surface area contributed by atoms with Crippen LogP contribution in [0.2, 0.25) is 0 Å². The quantitative estimate of drug-likeness (QED) is 0.907. The predicted molar refractivity (Wildman–Crippen MR) is 63.4 cm³/mol. The summed E-state index contributed by atoms with van der Waals surface area (Å²) >= 11 is 0. The van der Waals surface area contributed by atoms with E-state index in [0.29, 0.717) is 11.3 Å². The second-order valence-corrected chi connectivity index (χ2v) is 3.79. The third-order valence-electron chi connectivity index (χ3n) is 2.71. The van der Waals surface area contributed by atoms with Crippen LogP contribution in [0.15, 0.2) is 42.5 Å². The van der Waals surface area contributed by atoms with Gasteiger partial charge in [-0.3, -0.25) is 0 Å². The number of aliphatic hydroxyl groups is 1. The van der Waals surface area contributed by atoms with Crippen LogP contribution in [0, 0.1) is 11.6 Å². The van der Waals surface area contributed by atoms with E-state index >= 15 is 0 Å². The molecule has 0 aliphatic rings. The van der Waals surface area contributed by atoms with Crippen LogP contribution < -0.4 is 4.74 Å². The van der Waals surface area contributed by atoms with E-state index in [2.05, 4.69) is 0 Å². The number of hydrogen-bond acceptors (Lipinski definition) is 2. The number of benzene rings is 2. The number of aliphatic hydroxyl groups excluding tert-OH is 1. The molecule has 18 heavy (non-hydrogen) atoms. The van der Waals surface area contributed by atoms with Crippen LogP contribution in [0.3, 0.4) is 0 Å². The van der Waals surface area contributed by atoms with Gasteiger partial charge in [-0.2, -0.15) is 0 Å². The summed E-state index contributed by atoms with van der Waals surface area (Å²) in [6.45, 7) is 0. The third kappa shape index (κ3) is 2.19. The summed E-state index contributed by atoms with van der Waals surface area (Å²) in [6, 6.07) is 10.4. The molecule has 0 amide bonds. The van der Waals surface area contributed by atoms with Gasteiger partial charge in [-0.15, -0.1) is 0 Å². The first-order chi connectivity index (χ1) is 8.65. The van der Waals surface area contributed by atoms with E-state index in [1.807, 2.05) is 0 Å². The number of halogens is 2. The summed E-state index contributed by atoms with van der Waals surface area (Å²) in [5, 5.41) is 10.1. The molecule has 2 aromatic carbocycles. The lowest BCUT2D eigenvalue weighted by Crippen LogP contribution is -2.05. The van der Waals surface area contributed by atoms with Crippen molar-refractivity contribution in [3.63, 3.8) is 0 Å². The van der Waals surface area contributed by atoms with Gasteiger partial charge in [-0.05, 0) is 12.1 Å². The maximum Gasteiger partial charge on any atom is 0.164 e. The van der Waals surface area contributed by atoms with E-state index in [1.54, 1.807) is 24.3 Å². The zero-order valence-corrected chi connectivity index (χ0v) is 9.73. The molecule has 0 saturated heterocycles. The Labute approximate surface area is 103 Å². The molecule has 2 rings (SSSR count). The van der Waals surface area contributed by atoms with Crippen LogP contribution in [0.4, 0.5) is 8.78 Å². The topological polar surface area (TPSA) is 29.5 Å². The van der Waals surface area contributed by atoms with Gasteiger partial charge in [0.15, 0.2) is 11.6 Å². The lowest BCUT2D eigenvalue weighted by atomic mass is 10.00. The Bertz CT molecular complexity index is 555. The van der Waals surface area contributed by atoms with Crippen LogP contribution in [0.1, 0.15) is 17.2 Å². The third-order valence-corrected chi connectivity index (χ3v) is 2.71. The molecule has 2 aromatic rings. The standard InChI is InChI=1S/C14H12F2O2/c1-18-12-8-3-2-5-9(12)14(17)10-6-4-7-11(15)13(10)16/h2-8,14,17H,1H3. The number of ether oxygens (including phenoxy) is 1. The summed E-state index contributed by atoms with van der Waals surface area (Å²) in [7, 11) is 1.45. The average molecular weight is 250 g/mol. The molecular weight excluding hydrogens is 238 g/mol. The molecule has 0 heterocycles. The van der Waals surface area contributed by atoms with Crippen molar-refractivity contribution < 1.29 is 18.6 Å². The Balaban J connectivity index is 2.48. The monoisotopic (exact) mass is 250 g/mol. The highest BCUT2D eigenvalue weighted by Gasteiger charge is 2.20. The van der Waals surface area contributed by atoms with Gasteiger partial charge >= 0.3 is 0 Å². The predicted octanol–water partition coefficient (Wildman–Crippen LogP) is 3.06. The highest BCUT2D eigenvalue weighted by molar-refractivity contribution is 5.40. The van der Waals surface area contributed by atoms with Crippen molar-refractivity contribution in [2.24, 2.45) is 0 Å². The van der Waals surface area contributed by atoms with Crippen molar-refractivity contribution in [1.82, 2.24) is 0 Å². The second kappa shape index (κ2) is 5.14. The lowest BCUT2D eigenvalue weighted by Gasteiger charge is -2.15. The van der Waals surface area contributed by atoms with E-state index in [1.165, 1.54) is 19.2 Å². The van der Waals surface area contributed by atoms with Crippen LogP contribution in [0.5, 0.6) is 5.75 Å². The van der Waals surface area contributed by atoms with Gasteiger partial charge in [-0.1, -0.05) is 30.3 Å². The Hall–Kier alpha value is -1.94. The minimum atomic E-state index is -1.27. The molecule has 0 fully saturated rings. The molecule has 4 heteroatoms. The van der Waals surface area contributed by atoms with E-state index in [4.69, 9.17) is 4.74 Å². The number of methoxy groups -OCH3 is 1. The SMILES string of the molecule is COc1ccccc1C(O)c1cccc(F)c1F. The van der Waals surface area contributed by atoms with Gasteiger partial charge in [-0.25, -0.2) is 8.78 Å². The van der Waals surface area contributed by atoms with Gasteiger partial charge < -0.3 is 9.84 Å². The number of hydrogen-bond donors (Lipinski definition) is 1. The molecule has 0 aliphatic heterocycles. The smallest absolute Gasteiger partial charge is 0.164 e. The first-order valence-electron chi connectivity index (χ1n) is 5.40. The minimum absolute atomic E-state index is 0.112. The van der Waals surface area contributed by atoms with Gasteiger partial charge in [0.05, 0.1) is 7.11 Å². The normalized spacial score (nSPS) is 12.2. The fourth-order valence-electron chi connectivity index (χ4n) is 1.79. The van der Waals surface area contributed by atoms with Crippen LogP contribution in [0.25, 0.3) is 0 Å². The molecule has 0 spiro atoms. The van der Waals surface area contributed by atoms with Crippen molar-refractivity contribution >= 4 is 0 Å².